The molecule has 1 aromatic carbocycles. The van der Waals surface area contributed by atoms with Crippen LogP contribution in [0.3, 0.4) is 0 Å². The number of benzene rings is 1. The Balaban J connectivity index is 1.90. The SMILES string of the molecule is COc1cccc(C)c1[C@H]1C[C@H]2CCCN2O1. The van der Waals surface area contributed by atoms with E-state index in [0.717, 1.165) is 18.7 Å². The second kappa shape index (κ2) is 4.31. The molecule has 0 aliphatic carbocycles. The maximum absolute atomic E-state index is 6.05. The summed E-state index contributed by atoms with van der Waals surface area (Å²) >= 11 is 0. The standard InChI is InChI=1S/C14H19NO2/c1-10-5-3-7-12(16-2)14(10)13-9-11-6-4-8-15(11)17-13/h3,5,7,11,13H,4,6,8-9H2,1-2H3/t11-,13-/m1/s1. The first kappa shape index (κ1) is 11.1. The van der Waals surface area contributed by atoms with E-state index in [1.807, 2.05) is 12.1 Å². The fourth-order valence-corrected chi connectivity index (χ4v) is 3.05. The highest BCUT2D eigenvalue weighted by Crippen LogP contribution is 2.42. The van der Waals surface area contributed by atoms with Crippen LogP contribution in [0.15, 0.2) is 18.2 Å². The minimum Gasteiger partial charge on any atom is -0.496 e. The first-order valence-electron chi connectivity index (χ1n) is 6.36. The van der Waals surface area contributed by atoms with Gasteiger partial charge in [-0.3, -0.25) is 4.84 Å². The van der Waals surface area contributed by atoms with Crippen molar-refractivity contribution in [3.05, 3.63) is 29.3 Å². The van der Waals surface area contributed by atoms with Crippen molar-refractivity contribution in [3.8, 4) is 5.75 Å². The van der Waals surface area contributed by atoms with E-state index in [4.69, 9.17) is 9.57 Å². The average Bonchev–Trinajstić information content (AvgIpc) is 2.88. The Morgan fingerprint density at radius 1 is 1.41 bits per heavy atom. The number of fused-ring (bicyclic) bond motifs is 1. The van der Waals surface area contributed by atoms with Gasteiger partial charge in [0.2, 0.25) is 0 Å². The molecule has 0 spiro atoms. The van der Waals surface area contributed by atoms with E-state index < -0.39 is 0 Å². The van der Waals surface area contributed by atoms with E-state index in [2.05, 4.69) is 18.1 Å². The molecule has 0 aromatic heterocycles. The molecule has 0 radical (unpaired) electrons. The van der Waals surface area contributed by atoms with Gasteiger partial charge in [0, 0.05) is 18.2 Å². The van der Waals surface area contributed by atoms with Crippen LogP contribution in [0.2, 0.25) is 0 Å². The topological polar surface area (TPSA) is 21.7 Å². The molecule has 0 amide bonds. The van der Waals surface area contributed by atoms with Gasteiger partial charge in [-0.05, 0) is 37.8 Å². The zero-order valence-electron chi connectivity index (χ0n) is 10.5. The van der Waals surface area contributed by atoms with Gasteiger partial charge in [-0.2, -0.15) is 5.06 Å². The second-order valence-corrected chi connectivity index (χ2v) is 4.96. The molecule has 2 fully saturated rings. The highest BCUT2D eigenvalue weighted by molar-refractivity contribution is 5.41. The lowest BCUT2D eigenvalue weighted by atomic mass is 9.97. The minimum absolute atomic E-state index is 0.177. The van der Waals surface area contributed by atoms with Crippen molar-refractivity contribution in [2.24, 2.45) is 0 Å². The van der Waals surface area contributed by atoms with Crippen LogP contribution in [0.4, 0.5) is 0 Å². The largest absolute Gasteiger partial charge is 0.496 e. The van der Waals surface area contributed by atoms with Crippen molar-refractivity contribution in [1.29, 1.82) is 0 Å². The van der Waals surface area contributed by atoms with Gasteiger partial charge >= 0.3 is 0 Å². The molecule has 17 heavy (non-hydrogen) atoms. The van der Waals surface area contributed by atoms with Crippen molar-refractivity contribution in [1.82, 2.24) is 5.06 Å². The molecular formula is C14H19NO2. The summed E-state index contributed by atoms with van der Waals surface area (Å²) in [6.45, 7) is 3.21. The zero-order valence-corrected chi connectivity index (χ0v) is 10.5. The Labute approximate surface area is 102 Å². The van der Waals surface area contributed by atoms with Gasteiger partial charge in [-0.1, -0.05) is 12.1 Å². The summed E-state index contributed by atoms with van der Waals surface area (Å²) in [7, 11) is 1.73. The van der Waals surface area contributed by atoms with Crippen molar-refractivity contribution in [3.63, 3.8) is 0 Å². The van der Waals surface area contributed by atoms with E-state index in [0.29, 0.717) is 6.04 Å². The molecule has 92 valence electrons. The maximum atomic E-state index is 6.05. The van der Waals surface area contributed by atoms with Crippen LogP contribution >= 0.6 is 0 Å². The number of methoxy groups -OCH3 is 1. The van der Waals surface area contributed by atoms with Gasteiger partial charge in [-0.15, -0.1) is 0 Å². The van der Waals surface area contributed by atoms with E-state index in [1.165, 1.54) is 24.0 Å². The van der Waals surface area contributed by atoms with Crippen LogP contribution < -0.4 is 4.74 Å². The second-order valence-electron chi connectivity index (χ2n) is 4.96. The lowest BCUT2D eigenvalue weighted by molar-refractivity contribution is -0.149. The van der Waals surface area contributed by atoms with E-state index in [-0.39, 0.29) is 6.10 Å². The summed E-state index contributed by atoms with van der Waals surface area (Å²) in [6, 6.07) is 6.80. The lowest BCUT2D eigenvalue weighted by Gasteiger charge is -2.18. The van der Waals surface area contributed by atoms with Crippen LogP contribution in [0.1, 0.15) is 36.5 Å². The highest BCUT2D eigenvalue weighted by atomic mass is 16.7. The van der Waals surface area contributed by atoms with Crippen molar-refractivity contribution in [2.45, 2.75) is 38.3 Å². The molecule has 2 saturated heterocycles. The summed E-state index contributed by atoms with van der Waals surface area (Å²) < 4.78 is 5.46. The first-order valence-corrected chi connectivity index (χ1v) is 6.36. The molecule has 0 saturated carbocycles. The van der Waals surface area contributed by atoms with E-state index in [1.54, 1.807) is 7.11 Å². The monoisotopic (exact) mass is 233 g/mol. The van der Waals surface area contributed by atoms with Crippen LogP contribution in [-0.2, 0) is 4.84 Å². The van der Waals surface area contributed by atoms with Crippen molar-refractivity contribution < 1.29 is 9.57 Å². The van der Waals surface area contributed by atoms with Gasteiger partial charge < -0.3 is 4.74 Å². The Hall–Kier alpha value is -1.06. The van der Waals surface area contributed by atoms with Gasteiger partial charge in [0.1, 0.15) is 11.9 Å². The number of hydrogen-bond acceptors (Lipinski definition) is 3. The fraction of sp³-hybridized carbons (Fsp3) is 0.571. The predicted molar refractivity (Wildman–Crippen MR) is 65.9 cm³/mol. The molecule has 1 aromatic rings. The predicted octanol–water partition coefficient (Wildman–Crippen LogP) is 2.84. The van der Waals surface area contributed by atoms with Gasteiger partial charge in [0.25, 0.3) is 0 Å². The van der Waals surface area contributed by atoms with Gasteiger partial charge in [-0.25, -0.2) is 0 Å². The van der Waals surface area contributed by atoms with Crippen LogP contribution in [0.25, 0.3) is 0 Å². The number of hydroxylamine groups is 2. The van der Waals surface area contributed by atoms with Crippen LogP contribution in [-0.4, -0.2) is 24.8 Å². The zero-order chi connectivity index (χ0) is 11.8. The normalized spacial score (nSPS) is 28.4. The number of hydrogen-bond donors (Lipinski definition) is 0. The maximum Gasteiger partial charge on any atom is 0.125 e. The Morgan fingerprint density at radius 2 is 2.29 bits per heavy atom. The summed E-state index contributed by atoms with van der Waals surface area (Å²) in [5.74, 6) is 0.955. The summed E-state index contributed by atoms with van der Waals surface area (Å²) in [5.41, 5.74) is 2.49. The molecule has 3 rings (SSSR count). The van der Waals surface area contributed by atoms with Gasteiger partial charge in [0.15, 0.2) is 0 Å². The Kier molecular flexibility index (Phi) is 2.81. The molecule has 2 aliphatic heterocycles. The number of nitrogens with zero attached hydrogens (tertiary/aromatic N) is 1. The molecule has 0 N–H and O–H groups in total. The van der Waals surface area contributed by atoms with Crippen molar-refractivity contribution >= 4 is 0 Å². The molecule has 2 atom stereocenters. The molecule has 3 nitrogen and oxygen atoms in total. The number of rotatable bonds is 2. The number of aryl methyl sites for hydroxylation is 1. The third kappa shape index (κ3) is 1.83. The third-order valence-corrected chi connectivity index (χ3v) is 3.90. The Bertz CT molecular complexity index is 407. The third-order valence-electron chi connectivity index (χ3n) is 3.90. The first-order chi connectivity index (χ1) is 8.29. The quantitative estimate of drug-likeness (QED) is 0.784. The summed E-state index contributed by atoms with van der Waals surface area (Å²) in [6.07, 6.45) is 3.81. The lowest BCUT2D eigenvalue weighted by Crippen LogP contribution is -2.20. The molecule has 3 heteroatoms. The molecule has 0 unspecified atom stereocenters. The fourth-order valence-electron chi connectivity index (χ4n) is 3.05. The average molecular weight is 233 g/mol. The Morgan fingerprint density at radius 3 is 3.06 bits per heavy atom. The molecule has 0 bridgehead atoms. The van der Waals surface area contributed by atoms with E-state index >= 15 is 0 Å². The highest BCUT2D eigenvalue weighted by Gasteiger charge is 2.38. The molecule has 2 heterocycles. The molecule has 2 aliphatic rings. The van der Waals surface area contributed by atoms with Crippen LogP contribution in [0.5, 0.6) is 5.75 Å². The summed E-state index contributed by atoms with van der Waals surface area (Å²) in [5, 5.41) is 2.16. The number of ether oxygens (including phenoxy) is 1. The van der Waals surface area contributed by atoms with E-state index in [9.17, 15) is 0 Å². The van der Waals surface area contributed by atoms with Gasteiger partial charge in [0.05, 0.1) is 7.11 Å². The summed E-state index contributed by atoms with van der Waals surface area (Å²) in [4.78, 5) is 6.05. The minimum atomic E-state index is 0.177. The van der Waals surface area contributed by atoms with Crippen molar-refractivity contribution in [2.75, 3.05) is 13.7 Å². The smallest absolute Gasteiger partial charge is 0.125 e. The van der Waals surface area contributed by atoms with Crippen LogP contribution in [0, 0.1) is 6.92 Å². The molecular weight excluding hydrogens is 214 g/mol.